The third kappa shape index (κ3) is 4.57. The van der Waals surface area contributed by atoms with E-state index in [-0.39, 0.29) is 12.5 Å². The third-order valence-corrected chi connectivity index (χ3v) is 5.77. The Kier molecular flexibility index (Phi) is 6.18. The number of carbonyl (C=O) groups is 1. The second-order valence-corrected chi connectivity index (χ2v) is 8.07. The molecule has 4 rings (SSSR count). The predicted octanol–water partition coefficient (Wildman–Crippen LogP) is 4.64. The first-order valence-electron chi connectivity index (χ1n) is 9.76. The lowest BCUT2D eigenvalue weighted by atomic mass is 9.97. The van der Waals surface area contributed by atoms with Crippen molar-refractivity contribution < 1.29 is 9.90 Å². The summed E-state index contributed by atoms with van der Waals surface area (Å²) in [7, 11) is 1.96. The number of amides is 1. The maximum Gasteiger partial charge on any atom is 0.255 e. The maximum absolute atomic E-state index is 12.9. The van der Waals surface area contributed by atoms with E-state index in [1.54, 1.807) is 16.8 Å². The summed E-state index contributed by atoms with van der Waals surface area (Å²) < 4.78 is 1.09. The minimum Gasteiger partial charge on any atom is -0.395 e. The normalized spacial score (nSPS) is 11.2. The van der Waals surface area contributed by atoms with Gasteiger partial charge in [0, 0.05) is 24.3 Å². The molecule has 5 nitrogen and oxygen atoms in total. The highest BCUT2D eigenvalue weighted by Crippen LogP contribution is 2.27. The lowest BCUT2D eigenvalue weighted by molar-refractivity contribution is 0.102. The number of thiazole rings is 1. The molecule has 0 aliphatic heterocycles. The molecule has 6 heteroatoms. The molecule has 0 spiro atoms. The van der Waals surface area contributed by atoms with Crippen molar-refractivity contribution in [3.63, 3.8) is 0 Å². The molecular weight excluding hydrogens is 394 g/mol. The molecule has 4 aromatic rings. The molecule has 0 saturated carbocycles. The summed E-state index contributed by atoms with van der Waals surface area (Å²) in [4.78, 5) is 19.3. The number of aliphatic hydroxyl groups is 1. The lowest BCUT2D eigenvalue weighted by Crippen LogP contribution is -2.22. The fourth-order valence-corrected chi connectivity index (χ4v) is 4.10. The Morgan fingerprint density at radius 2 is 1.93 bits per heavy atom. The molecular formula is C24H23N3O2S. The Labute approximate surface area is 179 Å². The van der Waals surface area contributed by atoms with Gasteiger partial charge >= 0.3 is 0 Å². The number of rotatable bonds is 7. The van der Waals surface area contributed by atoms with Crippen molar-refractivity contribution >= 4 is 33.1 Å². The minimum atomic E-state index is -0.157. The molecule has 1 aromatic heterocycles. The fraction of sp³-hybridized carbons (Fsp3) is 0.167. The van der Waals surface area contributed by atoms with Crippen LogP contribution in [0.5, 0.6) is 0 Å². The number of likely N-dealkylation sites (N-methyl/N-ethyl adjacent to an activating group) is 1. The number of nitrogens with zero attached hydrogens (tertiary/aromatic N) is 2. The van der Waals surface area contributed by atoms with E-state index in [4.69, 9.17) is 0 Å². The van der Waals surface area contributed by atoms with Crippen LogP contribution in [0, 0.1) is 0 Å². The molecule has 0 aliphatic carbocycles. The van der Waals surface area contributed by atoms with Crippen LogP contribution in [0.15, 0.2) is 72.2 Å². The van der Waals surface area contributed by atoms with Gasteiger partial charge in [-0.3, -0.25) is 9.69 Å². The molecule has 0 atom stereocenters. The van der Waals surface area contributed by atoms with Crippen molar-refractivity contribution in [2.75, 3.05) is 25.5 Å². The van der Waals surface area contributed by atoms with Crippen LogP contribution in [-0.2, 0) is 6.54 Å². The van der Waals surface area contributed by atoms with Gasteiger partial charge in [-0.1, -0.05) is 36.4 Å². The van der Waals surface area contributed by atoms with Gasteiger partial charge in [-0.05, 0) is 54.1 Å². The number of benzene rings is 3. The van der Waals surface area contributed by atoms with E-state index in [0.717, 1.165) is 32.6 Å². The zero-order valence-corrected chi connectivity index (χ0v) is 17.5. The van der Waals surface area contributed by atoms with Gasteiger partial charge in [0.2, 0.25) is 0 Å². The zero-order valence-electron chi connectivity index (χ0n) is 16.7. The Morgan fingerprint density at radius 3 is 2.73 bits per heavy atom. The molecule has 0 bridgehead atoms. The van der Waals surface area contributed by atoms with Crippen LogP contribution in [0.4, 0.5) is 5.69 Å². The molecule has 152 valence electrons. The molecule has 0 radical (unpaired) electrons. The average Bonchev–Trinajstić information content (AvgIpc) is 3.22. The molecule has 0 saturated heterocycles. The van der Waals surface area contributed by atoms with Crippen LogP contribution in [-0.4, -0.2) is 41.1 Å². The van der Waals surface area contributed by atoms with Gasteiger partial charge in [-0.15, -0.1) is 11.3 Å². The average molecular weight is 418 g/mol. The largest absolute Gasteiger partial charge is 0.395 e. The van der Waals surface area contributed by atoms with Gasteiger partial charge < -0.3 is 10.4 Å². The summed E-state index contributed by atoms with van der Waals surface area (Å²) in [5.41, 5.74) is 7.23. The molecule has 1 amide bonds. The van der Waals surface area contributed by atoms with Crippen molar-refractivity contribution in [3.05, 3.63) is 83.4 Å². The van der Waals surface area contributed by atoms with E-state index >= 15 is 0 Å². The summed E-state index contributed by atoms with van der Waals surface area (Å²) >= 11 is 1.58. The van der Waals surface area contributed by atoms with E-state index in [1.807, 2.05) is 66.5 Å². The third-order valence-electron chi connectivity index (χ3n) is 4.96. The predicted molar refractivity (Wildman–Crippen MR) is 123 cm³/mol. The first kappa shape index (κ1) is 20.2. The lowest BCUT2D eigenvalue weighted by Gasteiger charge is -2.19. The topological polar surface area (TPSA) is 65.5 Å². The molecule has 30 heavy (non-hydrogen) atoms. The number of anilines is 1. The van der Waals surface area contributed by atoms with E-state index < -0.39 is 0 Å². The fourth-order valence-electron chi connectivity index (χ4n) is 3.44. The van der Waals surface area contributed by atoms with E-state index in [0.29, 0.717) is 18.7 Å². The van der Waals surface area contributed by atoms with Crippen molar-refractivity contribution in [1.82, 2.24) is 9.88 Å². The number of nitrogens with one attached hydrogen (secondary N) is 1. The highest BCUT2D eigenvalue weighted by atomic mass is 32.1. The van der Waals surface area contributed by atoms with Crippen LogP contribution < -0.4 is 5.32 Å². The van der Waals surface area contributed by atoms with Gasteiger partial charge in [0.15, 0.2) is 0 Å². The van der Waals surface area contributed by atoms with Gasteiger partial charge in [-0.2, -0.15) is 0 Å². The first-order chi connectivity index (χ1) is 14.6. The smallest absolute Gasteiger partial charge is 0.255 e. The van der Waals surface area contributed by atoms with E-state index in [1.165, 1.54) is 0 Å². The van der Waals surface area contributed by atoms with Gasteiger partial charge in [0.1, 0.15) is 0 Å². The van der Waals surface area contributed by atoms with Crippen molar-refractivity contribution in [2.45, 2.75) is 6.54 Å². The molecule has 1 heterocycles. The zero-order chi connectivity index (χ0) is 20.9. The van der Waals surface area contributed by atoms with E-state index in [2.05, 4.69) is 22.4 Å². The number of fused-ring (bicyclic) bond motifs is 1. The highest BCUT2D eigenvalue weighted by Gasteiger charge is 2.13. The summed E-state index contributed by atoms with van der Waals surface area (Å²) in [6.45, 7) is 1.30. The highest BCUT2D eigenvalue weighted by molar-refractivity contribution is 7.16. The van der Waals surface area contributed by atoms with Crippen LogP contribution in [0.25, 0.3) is 21.3 Å². The number of hydrogen-bond donors (Lipinski definition) is 2. The number of hydrogen-bond acceptors (Lipinski definition) is 5. The summed E-state index contributed by atoms with van der Waals surface area (Å²) in [5.74, 6) is -0.157. The van der Waals surface area contributed by atoms with Crippen LogP contribution in [0.3, 0.4) is 0 Å². The molecule has 0 unspecified atom stereocenters. The maximum atomic E-state index is 12.9. The van der Waals surface area contributed by atoms with Gasteiger partial charge in [-0.25, -0.2) is 4.98 Å². The van der Waals surface area contributed by atoms with Gasteiger partial charge in [0.25, 0.3) is 5.91 Å². The van der Waals surface area contributed by atoms with Crippen molar-refractivity contribution in [2.24, 2.45) is 0 Å². The molecule has 2 N–H and O–H groups in total. The number of aliphatic hydroxyl groups excluding tert-OH is 1. The second kappa shape index (κ2) is 9.17. The first-order valence-corrected chi connectivity index (χ1v) is 10.6. The van der Waals surface area contributed by atoms with E-state index in [9.17, 15) is 9.90 Å². The number of aromatic nitrogens is 1. The summed E-state index contributed by atoms with van der Waals surface area (Å²) in [6.07, 6.45) is 0. The molecule has 0 aliphatic rings. The summed E-state index contributed by atoms with van der Waals surface area (Å²) in [5, 5.41) is 12.2. The SMILES string of the molecule is CN(CCO)Cc1cc(C(=O)Nc2ccc3scnc3c2)ccc1-c1ccccc1. The van der Waals surface area contributed by atoms with Crippen molar-refractivity contribution in [1.29, 1.82) is 0 Å². The Bertz CT molecular complexity index is 1160. The standard InChI is InChI=1S/C24H23N3O2S/c1-27(11-12-28)15-19-13-18(7-9-21(19)17-5-3-2-4-6-17)24(29)26-20-8-10-23-22(14-20)25-16-30-23/h2-10,13-14,16,28H,11-12,15H2,1H3,(H,26,29). The van der Waals surface area contributed by atoms with Crippen LogP contribution >= 0.6 is 11.3 Å². The van der Waals surface area contributed by atoms with Crippen LogP contribution in [0.2, 0.25) is 0 Å². The minimum absolute atomic E-state index is 0.0937. The van der Waals surface area contributed by atoms with Gasteiger partial charge in [0.05, 0.1) is 22.3 Å². The quantitative estimate of drug-likeness (QED) is 0.460. The monoisotopic (exact) mass is 417 g/mol. The Hall–Kier alpha value is -3.06. The summed E-state index contributed by atoms with van der Waals surface area (Å²) in [6, 6.07) is 21.7. The Balaban J connectivity index is 1.62. The second-order valence-electron chi connectivity index (χ2n) is 7.19. The van der Waals surface area contributed by atoms with Crippen molar-refractivity contribution in [3.8, 4) is 11.1 Å². The molecule has 3 aromatic carbocycles. The molecule has 0 fully saturated rings. The Morgan fingerprint density at radius 1 is 1.10 bits per heavy atom. The number of carbonyl (C=O) groups excluding carboxylic acids is 1. The van der Waals surface area contributed by atoms with Crippen LogP contribution in [0.1, 0.15) is 15.9 Å².